The molecule has 0 saturated carbocycles. The Morgan fingerprint density at radius 1 is 1.12 bits per heavy atom. The molecule has 0 bridgehead atoms. The molecule has 1 aromatic carbocycles. The van der Waals surface area contributed by atoms with Crippen LogP contribution in [-0.4, -0.2) is 20.8 Å². The molecule has 16 heavy (non-hydrogen) atoms. The Balaban J connectivity index is 3.09. The van der Waals surface area contributed by atoms with Gasteiger partial charge in [0, 0.05) is 5.88 Å². The second kappa shape index (κ2) is 6.48. The lowest BCUT2D eigenvalue weighted by molar-refractivity contribution is 0.274. The van der Waals surface area contributed by atoms with Crippen molar-refractivity contribution < 1.29 is 14.2 Å². The molecule has 1 aromatic rings. The second-order valence-electron chi connectivity index (χ2n) is 3.31. The average Bonchev–Trinajstić information content (AvgIpc) is 2.35. The average molecular weight is 245 g/mol. The van der Waals surface area contributed by atoms with Crippen molar-refractivity contribution in [1.82, 2.24) is 0 Å². The minimum Gasteiger partial charge on any atom is -0.493 e. The highest BCUT2D eigenvalue weighted by atomic mass is 35.5. The van der Waals surface area contributed by atoms with Gasteiger partial charge in [0.05, 0.1) is 20.8 Å². The van der Waals surface area contributed by atoms with E-state index in [9.17, 15) is 0 Å². The van der Waals surface area contributed by atoms with Crippen LogP contribution in [0.15, 0.2) is 12.1 Å². The summed E-state index contributed by atoms with van der Waals surface area (Å²) < 4.78 is 16.1. The molecule has 0 unspecified atom stereocenters. The lowest BCUT2D eigenvalue weighted by atomic mass is 10.2. The summed E-state index contributed by atoms with van der Waals surface area (Å²) in [5, 5.41) is 0. The van der Waals surface area contributed by atoms with Crippen LogP contribution in [0.2, 0.25) is 0 Å². The fourth-order valence-electron chi connectivity index (χ4n) is 1.36. The van der Waals surface area contributed by atoms with Gasteiger partial charge in [0.25, 0.3) is 0 Å². The van der Waals surface area contributed by atoms with Crippen LogP contribution in [0.1, 0.15) is 18.9 Å². The van der Waals surface area contributed by atoms with E-state index in [2.05, 4.69) is 0 Å². The quantitative estimate of drug-likeness (QED) is 0.719. The summed E-state index contributed by atoms with van der Waals surface area (Å²) in [7, 11) is 3.21. The van der Waals surface area contributed by atoms with Gasteiger partial charge in [-0.05, 0) is 24.1 Å². The van der Waals surface area contributed by atoms with Crippen LogP contribution in [0.25, 0.3) is 0 Å². The second-order valence-corrected chi connectivity index (χ2v) is 3.58. The SMILES string of the molecule is CCCOc1c(OC)cc(CCl)cc1OC. The first kappa shape index (κ1) is 13.0. The van der Waals surface area contributed by atoms with Crippen molar-refractivity contribution in [3.05, 3.63) is 17.7 Å². The van der Waals surface area contributed by atoms with Crippen LogP contribution in [-0.2, 0) is 5.88 Å². The topological polar surface area (TPSA) is 27.7 Å². The van der Waals surface area contributed by atoms with E-state index in [1.54, 1.807) is 14.2 Å². The molecular weight excluding hydrogens is 228 g/mol. The summed E-state index contributed by atoms with van der Waals surface area (Å²) in [6.45, 7) is 2.68. The smallest absolute Gasteiger partial charge is 0.203 e. The molecule has 0 spiro atoms. The zero-order valence-corrected chi connectivity index (χ0v) is 10.6. The van der Waals surface area contributed by atoms with Gasteiger partial charge in [-0.2, -0.15) is 0 Å². The van der Waals surface area contributed by atoms with Crippen LogP contribution >= 0.6 is 11.6 Å². The summed E-state index contributed by atoms with van der Waals surface area (Å²) >= 11 is 5.79. The van der Waals surface area contributed by atoms with Crippen molar-refractivity contribution in [3.8, 4) is 17.2 Å². The van der Waals surface area contributed by atoms with Gasteiger partial charge < -0.3 is 14.2 Å². The van der Waals surface area contributed by atoms with Gasteiger partial charge in [-0.3, -0.25) is 0 Å². The molecule has 0 aromatic heterocycles. The van der Waals surface area contributed by atoms with Crippen molar-refractivity contribution in [3.63, 3.8) is 0 Å². The van der Waals surface area contributed by atoms with Crippen molar-refractivity contribution in [2.24, 2.45) is 0 Å². The molecule has 0 amide bonds. The van der Waals surface area contributed by atoms with Crippen molar-refractivity contribution in [1.29, 1.82) is 0 Å². The van der Waals surface area contributed by atoms with Crippen LogP contribution in [0.5, 0.6) is 17.2 Å². The fraction of sp³-hybridized carbons (Fsp3) is 0.500. The standard InChI is InChI=1S/C12H17ClO3/c1-4-5-16-12-10(14-2)6-9(8-13)7-11(12)15-3/h6-7H,4-5,8H2,1-3H3. The third kappa shape index (κ3) is 2.95. The number of alkyl halides is 1. The largest absolute Gasteiger partial charge is 0.493 e. The third-order valence-electron chi connectivity index (χ3n) is 2.13. The molecule has 4 heteroatoms. The van der Waals surface area contributed by atoms with Crippen LogP contribution in [0, 0.1) is 0 Å². The Morgan fingerprint density at radius 2 is 1.69 bits per heavy atom. The van der Waals surface area contributed by atoms with Gasteiger partial charge in [0.1, 0.15) is 0 Å². The molecule has 0 radical (unpaired) electrons. The zero-order chi connectivity index (χ0) is 12.0. The first-order valence-corrected chi connectivity index (χ1v) is 5.73. The highest BCUT2D eigenvalue weighted by molar-refractivity contribution is 6.17. The molecule has 0 atom stereocenters. The molecule has 0 saturated heterocycles. The summed E-state index contributed by atoms with van der Waals surface area (Å²) in [5.41, 5.74) is 0.944. The van der Waals surface area contributed by atoms with E-state index in [-0.39, 0.29) is 0 Å². The molecule has 3 nitrogen and oxygen atoms in total. The summed E-state index contributed by atoms with van der Waals surface area (Å²) in [6, 6.07) is 3.72. The number of hydrogen-bond acceptors (Lipinski definition) is 3. The van der Waals surface area contributed by atoms with Crippen molar-refractivity contribution in [2.75, 3.05) is 20.8 Å². The maximum absolute atomic E-state index is 5.79. The van der Waals surface area contributed by atoms with Gasteiger partial charge in [-0.1, -0.05) is 6.92 Å². The number of hydrogen-bond donors (Lipinski definition) is 0. The Hall–Kier alpha value is -1.09. The monoisotopic (exact) mass is 244 g/mol. The Labute approximate surface area is 101 Å². The lowest BCUT2D eigenvalue weighted by Gasteiger charge is -2.15. The lowest BCUT2D eigenvalue weighted by Crippen LogP contribution is -2.01. The van der Waals surface area contributed by atoms with Gasteiger partial charge in [-0.15, -0.1) is 11.6 Å². The highest BCUT2D eigenvalue weighted by Gasteiger charge is 2.13. The fourth-order valence-corrected chi connectivity index (χ4v) is 1.51. The Bertz CT molecular complexity index is 314. The number of ether oxygens (including phenoxy) is 3. The van der Waals surface area contributed by atoms with E-state index in [0.29, 0.717) is 29.7 Å². The number of halogens is 1. The minimum atomic E-state index is 0.417. The van der Waals surface area contributed by atoms with Gasteiger partial charge in [0.15, 0.2) is 11.5 Å². The molecule has 0 fully saturated rings. The number of methoxy groups -OCH3 is 2. The molecule has 0 aliphatic carbocycles. The molecule has 0 aliphatic heterocycles. The molecular formula is C12H17ClO3. The summed E-state index contributed by atoms with van der Waals surface area (Å²) in [5.74, 6) is 2.37. The first-order chi connectivity index (χ1) is 7.76. The van der Waals surface area contributed by atoms with E-state index >= 15 is 0 Å². The van der Waals surface area contributed by atoms with Gasteiger partial charge in [-0.25, -0.2) is 0 Å². The summed E-state index contributed by atoms with van der Waals surface area (Å²) in [4.78, 5) is 0. The maximum Gasteiger partial charge on any atom is 0.203 e. The molecule has 0 aliphatic rings. The number of rotatable bonds is 6. The maximum atomic E-state index is 5.79. The Morgan fingerprint density at radius 3 is 2.06 bits per heavy atom. The van der Waals surface area contributed by atoms with Gasteiger partial charge in [0.2, 0.25) is 5.75 Å². The van der Waals surface area contributed by atoms with E-state index in [0.717, 1.165) is 12.0 Å². The van der Waals surface area contributed by atoms with Crippen LogP contribution < -0.4 is 14.2 Å². The summed E-state index contributed by atoms with van der Waals surface area (Å²) in [6.07, 6.45) is 0.934. The predicted molar refractivity (Wildman–Crippen MR) is 64.9 cm³/mol. The highest BCUT2D eigenvalue weighted by Crippen LogP contribution is 2.38. The first-order valence-electron chi connectivity index (χ1n) is 5.20. The van der Waals surface area contributed by atoms with E-state index in [1.165, 1.54) is 0 Å². The van der Waals surface area contributed by atoms with Crippen LogP contribution in [0.4, 0.5) is 0 Å². The number of benzene rings is 1. The Kier molecular flexibility index (Phi) is 5.26. The molecule has 0 heterocycles. The van der Waals surface area contributed by atoms with Crippen molar-refractivity contribution >= 4 is 11.6 Å². The molecule has 1 rings (SSSR count). The molecule has 0 N–H and O–H groups in total. The van der Waals surface area contributed by atoms with E-state index in [1.807, 2.05) is 19.1 Å². The van der Waals surface area contributed by atoms with E-state index < -0.39 is 0 Å². The zero-order valence-electron chi connectivity index (χ0n) is 9.88. The molecule has 90 valence electrons. The third-order valence-corrected chi connectivity index (χ3v) is 2.43. The predicted octanol–water partition coefficient (Wildman–Crippen LogP) is 3.23. The minimum absolute atomic E-state index is 0.417. The normalized spacial score (nSPS) is 10.0. The van der Waals surface area contributed by atoms with Gasteiger partial charge >= 0.3 is 0 Å². The van der Waals surface area contributed by atoms with Crippen molar-refractivity contribution in [2.45, 2.75) is 19.2 Å². The van der Waals surface area contributed by atoms with E-state index in [4.69, 9.17) is 25.8 Å². The van der Waals surface area contributed by atoms with Crippen LogP contribution in [0.3, 0.4) is 0 Å².